The fourth-order valence-corrected chi connectivity index (χ4v) is 4.25. The van der Waals surface area contributed by atoms with E-state index in [-0.39, 0.29) is 11.1 Å². The van der Waals surface area contributed by atoms with Gasteiger partial charge in [0.2, 0.25) is 0 Å². The van der Waals surface area contributed by atoms with E-state index in [0.717, 1.165) is 16.2 Å². The Morgan fingerprint density at radius 1 is 1.00 bits per heavy atom. The average Bonchev–Trinajstić information content (AvgIpc) is 3.29. The molecule has 2 aromatic carbocycles. The summed E-state index contributed by atoms with van der Waals surface area (Å²) in [6.07, 6.45) is -0.646. The van der Waals surface area contributed by atoms with Crippen molar-refractivity contribution in [3.05, 3.63) is 59.8 Å². The van der Waals surface area contributed by atoms with Gasteiger partial charge in [-0.05, 0) is 81.1 Å². The lowest BCUT2D eigenvalue weighted by molar-refractivity contribution is 0.00578. The van der Waals surface area contributed by atoms with Crippen molar-refractivity contribution in [2.45, 2.75) is 72.9 Å². The van der Waals surface area contributed by atoms with Crippen LogP contribution in [0.2, 0.25) is 0 Å². The van der Waals surface area contributed by atoms with Gasteiger partial charge in [-0.1, -0.05) is 45.0 Å². The SMILES string of the molecule is [2H]C([2H])([2H])c1cnc(-c2cccc3c2oc2cc(B4OC(C)(C)C(C)(C)O4)ccc23)cc1C([2H])([2H])C(C)(C)C. The van der Waals surface area contributed by atoms with E-state index in [0.29, 0.717) is 22.4 Å². The summed E-state index contributed by atoms with van der Waals surface area (Å²) in [6.45, 7) is 10.8. The van der Waals surface area contributed by atoms with Gasteiger partial charge in [-0.2, -0.15) is 0 Å². The van der Waals surface area contributed by atoms with E-state index in [2.05, 4.69) is 4.98 Å². The number of rotatable bonds is 3. The van der Waals surface area contributed by atoms with Crippen LogP contribution in [0.5, 0.6) is 0 Å². The van der Waals surface area contributed by atoms with Crippen molar-refractivity contribution in [2.24, 2.45) is 5.41 Å². The fraction of sp³-hybridized carbons (Fsp3) is 0.414. The van der Waals surface area contributed by atoms with Crippen LogP contribution in [0.4, 0.5) is 0 Å². The predicted octanol–water partition coefficient (Wildman–Crippen LogP) is 6.84. The summed E-state index contributed by atoms with van der Waals surface area (Å²) in [5, 5.41) is 1.79. The number of pyridine rings is 1. The van der Waals surface area contributed by atoms with Gasteiger partial charge in [0.05, 0.1) is 16.9 Å². The molecule has 4 aromatic rings. The molecule has 0 radical (unpaired) electrons. The smallest absolute Gasteiger partial charge is 0.455 e. The van der Waals surface area contributed by atoms with E-state index in [4.69, 9.17) is 20.6 Å². The van der Waals surface area contributed by atoms with E-state index in [1.54, 1.807) is 26.8 Å². The second kappa shape index (κ2) is 7.69. The molecule has 1 fully saturated rings. The molecular weight excluding hydrogens is 421 g/mol. The number of aromatic nitrogens is 1. The second-order valence-electron chi connectivity index (χ2n) is 11.1. The Bertz CT molecular complexity index is 1570. The van der Waals surface area contributed by atoms with E-state index in [1.165, 1.54) is 6.20 Å². The Balaban J connectivity index is 1.65. The van der Waals surface area contributed by atoms with Gasteiger partial charge >= 0.3 is 7.12 Å². The molecule has 176 valence electrons. The quantitative estimate of drug-likeness (QED) is 0.314. The third-order valence-electron chi connectivity index (χ3n) is 6.74. The van der Waals surface area contributed by atoms with Gasteiger partial charge in [-0.3, -0.25) is 4.98 Å². The zero-order valence-electron chi connectivity index (χ0n) is 25.9. The number of para-hydroxylation sites is 1. The Labute approximate surface area is 209 Å². The second-order valence-corrected chi connectivity index (χ2v) is 11.1. The first-order chi connectivity index (χ1) is 17.8. The minimum Gasteiger partial charge on any atom is -0.455 e. The molecule has 0 saturated carbocycles. The van der Waals surface area contributed by atoms with Crippen molar-refractivity contribution in [3.63, 3.8) is 0 Å². The van der Waals surface area contributed by atoms with Gasteiger partial charge in [-0.25, -0.2) is 0 Å². The van der Waals surface area contributed by atoms with Crippen molar-refractivity contribution in [3.8, 4) is 11.3 Å². The zero-order chi connectivity index (χ0) is 28.8. The van der Waals surface area contributed by atoms with Crippen LogP contribution < -0.4 is 5.46 Å². The van der Waals surface area contributed by atoms with Crippen molar-refractivity contribution in [1.29, 1.82) is 0 Å². The third kappa shape index (κ3) is 3.95. The van der Waals surface area contributed by atoms with Gasteiger partial charge in [-0.15, -0.1) is 0 Å². The Morgan fingerprint density at radius 2 is 1.74 bits per heavy atom. The number of hydrogen-bond donors (Lipinski definition) is 0. The normalized spacial score (nSPS) is 20.7. The number of fused-ring (bicyclic) bond motifs is 3. The fourth-order valence-electron chi connectivity index (χ4n) is 4.25. The van der Waals surface area contributed by atoms with Crippen molar-refractivity contribution in [2.75, 3.05) is 0 Å². The largest absolute Gasteiger partial charge is 0.494 e. The number of furan rings is 1. The minimum absolute atomic E-state index is 0.0880. The molecule has 1 aliphatic rings. The maximum atomic E-state index is 8.85. The Kier molecular flexibility index (Phi) is 4.02. The Hall–Kier alpha value is -2.63. The molecular formula is C29H34BNO3. The van der Waals surface area contributed by atoms with E-state index in [9.17, 15) is 0 Å². The molecule has 3 heterocycles. The van der Waals surface area contributed by atoms with Crippen LogP contribution in [-0.4, -0.2) is 23.3 Å². The molecule has 0 spiro atoms. The summed E-state index contributed by atoms with van der Waals surface area (Å²) >= 11 is 0. The van der Waals surface area contributed by atoms with Crippen LogP contribution in [-0.2, 0) is 15.7 Å². The van der Waals surface area contributed by atoms with Crippen molar-refractivity contribution in [1.82, 2.24) is 4.98 Å². The highest BCUT2D eigenvalue weighted by atomic mass is 16.7. The Morgan fingerprint density at radius 3 is 2.41 bits per heavy atom. The highest BCUT2D eigenvalue weighted by molar-refractivity contribution is 6.62. The third-order valence-corrected chi connectivity index (χ3v) is 6.74. The average molecular weight is 460 g/mol. The number of hydrogen-bond acceptors (Lipinski definition) is 4. The van der Waals surface area contributed by atoms with E-state index >= 15 is 0 Å². The molecule has 0 aliphatic carbocycles. The highest BCUT2D eigenvalue weighted by Crippen LogP contribution is 2.38. The number of benzene rings is 2. The summed E-state index contributed by atoms with van der Waals surface area (Å²) in [6, 6.07) is 13.2. The molecule has 5 rings (SSSR count). The molecule has 34 heavy (non-hydrogen) atoms. The van der Waals surface area contributed by atoms with Crippen LogP contribution in [0.25, 0.3) is 33.2 Å². The minimum atomic E-state index is -2.51. The van der Waals surface area contributed by atoms with Crippen LogP contribution in [0.3, 0.4) is 0 Å². The first-order valence-corrected chi connectivity index (χ1v) is 11.7. The van der Waals surface area contributed by atoms with Gasteiger partial charge in [0.25, 0.3) is 0 Å². The van der Waals surface area contributed by atoms with Crippen LogP contribution in [0.15, 0.2) is 53.1 Å². The number of nitrogens with zero attached hydrogens (tertiary/aromatic N) is 1. The van der Waals surface area contributed by atoms with Crippen LogP contribution in [0.1, 0.15) is 66.4 Å². The summed E-state index contributed by atoms with van der Waals surface area (Å²) in [4.78, 5) is 4.48. The predicted molar refractivity (Wildman–Crippen MR) is 141 cm³/mol. The highest BCUT2D eigenvalue weighted by Gasteiger charge is 2.51. The van der Waals surface area contributed by atoms with Crippen LogP contribution >= 0.6 is 0 Å². The summed E-state index contributed by atoms with van der Waals surface area (Å²) in [5.41, 5.74) is 1.45. The maximum Gasteiger partial charge on any atom is 0.494 e. The molecule has 4 nitrogen and oxygen atoms in total. The van der Waals surface area contributed by atoms with Gasteiger partial charge < -0.3 is 13.7 Å². The molecule has 5 heteroatoms. The maximum absolute atomic E-state index is 8.85. The lowest BCUT2D eigenvalue weighted by atomic mass is 9.79. The van der Waals surface area contributed by atoms with Crippen molar-refractivity contribution >= 4 is 34.5 Å². The van der Waals surface area contributed by atoms with Gasteiger partial charge in [0.15, 0.2) is 0 Å². The standard InChI is InChI=1S/C29H34BNO3/c1-18-17-31-24(14-19(18)16-27(2,3)4)23-11-9-10-22-21-13-12-20(15-25(21)32-26(22)23)30-33-28(5,6)29(7,8)34-30/h9-15,17H,16H2,1-8H3/i1D3,16D2. The molecule has 0 bridgehead atoms. The van der Waals surface area contributed by atoms with E-state index in [1.807, 2.05) is 64.1 Å². The number of aryl methyl sites for hydroxylation is 1. The summed E-state index contributed by atoms with van der Waals surface area (Å²) in [7, 11) is -0.525. The molecule has 1 saturated heterocycles. The lowest BCUT2D eigenvalue weighted by Crippen LogP contribution is -2.41. The lowest BCUT2D eigenvalue weighted by Gasteiger charge is -2.32. The molecule has 0 unspecified atom stereocenters. The molecule has 2 aromatic heterocycles. The molecule has 0 amide bonds. The van der Waals surface area contributed by atoms with Gasteiger partial charge in [0.1, 0.15) is 11.2 Å². The van der Waals surface area contributed by atoms with Crippen molar-refractivity contribution < 1.29 is 20.6 Å². The summed E-state index contributed by atoms with van der Waals surface area (Å²) < 4.78 is 60.5. The van der Waals surface area contributed by atoms with E-state index < -0.39 is 37.0 Å². The topological polar surface area (TPSA) is 44.5 Å². The monoisotopic (exact) mass is 460 g/mol. The summed E-state index contributed by atoms with van der Waals surface area (Å²) in [5.74, 6) is 0. The molecule has 0 atom stereocenters. The van der Waals surface area contributed by atoms with Crippen LogP contribution in [0, 0.1) is 12.3 Å². The van der Waals surface area contributed by atoms with Gasteiger partial charge in [0, 0.05) is 29.4 Å². The molecule has 0 N–H and O–H groups in total. The first kappa shape index (κ1) is 17.8. The first-order valence-electron chi connectivity index (χ1n) is 14.2. The zero-order valence-corrected chi connectivity index (χ0v) is 20.9. The molecule has 1 aliphatic heterocycles.